The number of rotatable bonds is 3. The van der Waals surface area contributed by atoms with Crippen molar-refractivity contribution in [2.75, 3.05) is 5.75 Å². The second-order valence-corrected chi connectivity index (χ2v) is 4.25. The molecule has 80 valence electrons. The summed E-state index contributed by atoms with van der Waals surface area (Å²) in [6.45, 7) is 0. The van der Waals surface area contributed by atoms with Crippen molar-refractivity contribution >= 4 is 23.4 Å². The van der Waals surface area contributed by atoms with E-state index in [0.29, 0.717) is 21.8 Å². The van der Waals surface area contributed by atoms with Crippen molar-refractivity contribution in [2.24, 2.45) is 0 Å². The summed E-state index contributed by atoms with van der Waals surface area (Å²) in [6.07, 6.45) is 5.14. The maximum atomic E-state index is 5.87. The van der Waals surface area contributed by atoms with Crippen molar-refractivity contribution in [3.8, 4) is 23.7 Å². The Hall–Kier alpha value is -1.44. The van der Waals surface area contributed by atoms with Gasteiger partial charge in [-0.1, -0.05) is 46.6 Å². The first-order valence-electron chi connectivity index (χ1n) is 4.45. The number of halogens is 1. The second kappa shape index (κ2) is 5.06. The lowest BCUT2D eigenvalue weighted by atomic mass is 10.2. The Labute approximate surface area is 102 Å². The van der Waals surface area contributed by atoms with Crippen molar-refractivity contribution in [1.82, 2.24) is 10.1 Å². The van der Waals surface area contributed by atoms with Gasteiger partial charge in [-0.25, -0.2) is 0 Å². The normalized spacial score (nSPS) is 10.0. The van der Waals surface area contributed by atoms with Gasteiger partial charge in [0.05, 0.1) is 5.75 Å². The van der Waals surface area contributed by atoms with Crippen molar-refractivity contribution in [3.05, 3.63) is 29.3 Å². The molecule has 0 aliphatic carbocycles. The van der Waals surface area contributed by atoms with Gasteiger partial charge in [0.15, 0.2) is 0 Å². The molecule has 0 atom stereocenters. The summed E-state index contributed by atoms with van der Waals surface area (Å²) in [5.41, 5.74) is 0.823. The number of benzene rings is 1. The van der Waals surface area contributed by atoms with Crippen LogP contribution in [0.3, 0.4) is 0 Å². The summed E-state index contributed by atoms with van der Waals surface area (Å²) in [5, 5.41) is 4.95. The van der Waals surface area contributed by atoms with Gasteiger partial charge in [-0.15, -0.1) is 6.42 Å². The number of hydrogen-bond donors (Lipinski definition) is 0. The molecule has 16 heavy (non-hydrogen) atoms. The molecular weight excluding hydrogens is 244 g/mol. The first-order chi connectivity index (χ1) is 7.79. The summed E-state index contributed by atoms with van der Waals surface area (Å²) < 4.78 is 5.02. The van der Waals surface area contributed by atoms with Gasteiger partial charge in [0.1, 0.15) is 0 Å². The zero-order valence-corrected chi connectivity index (χ0v) is 9.76. The Kier molecular flexibility index (Phi) is 3.50. The molecular formula is C11H7ClN2OS. The van der Waals surface area contributed by atoms with Gasteiger partial charge in [-0.2, -0.15) is 4.98 Å². The van der Waals surface area contributed by atoms with Crippen LogP contribution >= 0.6 is 23.4 Å². The van der Waals surface area contributed by atoms with E-state index >= 15 is 0 Å². The number of hydrogen-bond acceptors (Lipinski definition) is 4. The summed E-state index contributed by atoms with van der Waals surface area (Å²) >= 11 is 7.20. The molecule has 1 aromatic carbocycles. The zero-order valence-electron chi connectivity index (χ0n) is 8.18. The highest BCUT2D eigenvalue weighted by Gasteiger charge is 2.08. The maximum absolute atomic E-state index is 5.87. The minimum atomic E-state index is 0.466. The molecule has 0 saturated carbocycles. The van der Waals surface area contributed by atoms with E-state index in [1.807, 2.05) is 12.1 Å². The summed E-state index contributed by atoms with van der Waals surface area (Å²) in [7, 11) is 0. The zero-order chi connectivity index (χ0) is 11.4. The third-order valence-electron chi connectivity index (χ3n) is 1.77. The van der Waals surface area contributed by atoms with Crippen LogP contribution in [-0.2, 0) is 0 Å². The first kappa shape index (κ1) is 11.1. The van der Waals surface area contributed by atoms with Gasteiger partial charge in [0, 0.05) is 10.6 Å². The van der Waals surface area contributed by atoms with Gasteiger partial charge < -0.3 is 4.52 Å². The lowest BCUT2D eigenvalue weighted by Gasteiger charge is -1.93. The molecule has 0 aliphatic rings. The predicted octanol–water partition coefficient (Wildman–Crippen LogP) is 3.12. The maximum Gasteiger partial charge on any atom is 0.286 e. The largest absolute Gasteiger partial charge is 0.327 e. The monoisotopic (exact) mass is 250 g/mol. The predicted molar refractivity (Wildman–Crippen MR) is 64.3 cm³/mol. The Morgan fingerprint density at radius 2 is 2.38 bits per heavy atom. The lowest BCUT2D eigenvalue weighted by Crippen LogP contribution is -1.80. The van der Waals surface area contributed by atoms with E-state index in [9.17, 15) is 0 Å². The van der Waals surface area contributed by atoms with E-state index < -0.39 is 0 Å². The Bertz CT molecular complexity index is 533. The van der Waals surface area contributed by atoms with E-state index in [2.05, 4.69) is 16.1 Å². The molecule has 0 aliphatic heterocycles. The Balaban J connectivity index is 2.22. The van der Waals surface area contributed by atoms with Crippen LogP contribution in [0, 0.1) is 12.3 Å². The first-order valence-corrected chi connectivity index (χ1v) is 5.82. The molecule has 1 aromatic heterocycles. The molecule has 0 unspecified atom stereocenters. The van der Waals surface area contributed by atoms with Gasteiger partial charge in [-0.05, 0) is 12.1 Å². The fourth-order valence-electron chi connectivity index (χ4n) is 1.12. The highest BCUT2D eigenvalue weighted by Crippen LogP contribution is 2.23. The van der Waals surface area contributed by atoms with Crippen LogP contribution in [0.15, 0.2) is 34.0 Å². The van der Waals surface area contributed by atoms with E-state index in [4.69, 9.17) is 22.5 Å². The fourth-order valence-corrected chi connectivity index (χ4v) is 1.75. The fraction of sp³-hybridized carbons (Fsp3) is 0.0909. The van der Waals surface area contributed by atoms with Crippen molar-refractivity contribution < 1.29 is 4.52 Å². The number of terminal acetylenes is 1. The van der Waals surface area contributed by atoms with E-state index in [-0.39, 0.29) is 0 Å². The molecule has 0 fully saturated rings. The molecule has 0 saturated heterocycles. The van der Waals surface area contributed by atoms with Gasteiger partial charge in [0.2, 0.25) is 5.82 Å². The average Bonchev–Trinajstić information content (AvgIpc) is 2.75. The van der Waals surface area contributed by atoms with Gasteiger partial charge in [0.25, 0.3) is 5.22 Å². The van der Waals surface area contributed by atoms with Crippen LogP contribution in [0.25, 0.3) is 11.4 Å². The Morgan fingerprint density at radius 1 is 1.50 bits per heavy atom. The minimum Gasteiger partial charge on any atom is -0.327 e. The van der Waals surface area contributed by atoms with Gasteiger partial charge >= 0.3 is 0 Å². The molecule has 0 bridgehead atoms. The molecule has 2 rings (SSSR count). The minimum absolute atomic E-state index is 0.466. The molecule has 2 aromatic rings. The van der Waals surface area contributed by atoms with E-state index in [1.54, 1.807) is 12.1 Å². The highest BCUT2D eigenvalue weighted by molar-refractivity contribution is 7.99. The molecule has 0 N–H and O–H groups in total. The smallest absolute Gasteiger partial charge is 0.286 e. The molecule has 3 nitrogen and oxygen atoms in total. The van der Waals surface area contributed by atoms with Crippen LogP contribution in [0.4, 0.5) is 0 Å². The quantitative estimate of drug-likeness (QED) is 0.620. The van der Waals surface area contributed by atoms with Crippen molar-refractivity contribution in [1.29, 1.82) is 0 Å². The number of nitrogens with zero attached hydrogens (tertiary/aromatic N) is 2. The third-order valence-corrected chi connectivity index (χ3v) is 2.73. The highest BCUT2D eigenvalue weighted by atomic mass is 35.5. The molecule has 5 heteroatoms. The van der Waals surface area contributed by atoms with Crippen molar-refractivity contribution in [3.63, 3.8) is 0 Å². The third kappa shape index (κ3) is 2.57. The molecule has 0 radical (unpaired) electrons. The summed E-state index contributed by atoms with van der Waals surface area (Å²) in [6, 6.07) is 7.27. The standard InChI is InChI=1S/C11H7ClN2OS/c1-2-6-16-11-13-10(14-15-11)8-4-3-5-9(12)7-8/h1,3-5,7H,6H2. The summed E-state index contributed by atoms with van der Waals surface area (Å²) in [5.74, 6) is 3.52. The van der Waals surface area contributed by atoms with Crippen LogP contribution in [-0.4, -0.2) is 15.9 Å². The van der Waals surface area contributed by atoms with Crippen LogP contribution in [0.2, 0.25) is 5.02 Å². The lowest BCUT2D eigenvalue weighted by molar-refractivity contribution is 0.341. The second-order valence-electron chi connectivity index (χ2n) is 2.89. The van der Waals surface area contributed by atoms with Crippen LogP contribution in [0.5, 0.6) is 0 Å². The number of thioether (sulfide) groups is 1. The average molecular weight is 251 g/mol. The number of aromatic nitrogens is 2. The molecule has 0 amide bonds. The van der Waals surface area contributed by atoms with Crippen molar-refractivity contribution in [2.45, 2.75) is 5.22 Å². The van der Waals surface area contributed by atoms with Crippen LogP contribution in [0.1, 0.15) is 0 Å². The SMILES string of the molecule is C#CCSc1nc(-c2cccc(Cl)c2)no1. The molecule has 1 heterocycles. The van der Waals surface area contributed by atoms with E-state index in [1.165, 1.54) is 11.8 Å². The van der Waals surface area contributed by atoms with Gasteiger partial charge in [-0.3, -0.25) is 0 Å². The van der Waals surface area contributed by atoms with E-state index in [0.717, 1.165) is 5.56 Å². The topological polar surface area (TPSA) is 38.9 Å². The Morgan fingerprint density at radius 3 is 3.12 bits per heavy atom. The summed E-state index contributed by atoms with van der Waals surface area (Å²) in [4.78, 5) is 4.19. The molecule has 0 spiro atoms. The van der Waals surface area contributed by atoms with Crippen LogP contribution < -0.4 is 0 Å².